The Bertz CT molecular complexity index is 620. The van der Waals surface area contributed by atoms with Crippen LogP contribution in [0.2, 0.25) is 0 Å². The number of esters is 1. The van der Waals surface area contributed by atoms with Gasteiger partial charge in [-0.3, -0.25) is 0 Å². The van der Waals surface area contributed by atoms with E-state index in [1.54, 1.807) is 24.3 Å². The number of aryl methyl sites for hydroxylation is 1. The third-order valence-electron chi connectivity index (χ3n) is 3.19. The minimum atomic E-state index is -0.445. The van der Waals surface area contributed by atoms with Gasteiger partial charge in [-0.1, -0.05) is 37.6 Å². The van der Waals surface area contributed by atoms with Crippen LogP contribution in [0.25, 0.3) is 0 Å². The molecule has 2 rings (SSSR count). The first kappa shape index (κ1) is 16.9. The van der Waals surface area contributed by atoms with Crippen LogP contribution in [0.15, 0.2) is 48.5 Å². The summed E-state index contributed by atoms with van der Waals surface area (Å²) < 4.78 is 16.2. The lowest BCUT2D eigenvalue weighted by molar-refractivity contribution is -0.136. The molecule has 0 aliphatic heterocycles. The van der Waals surface area contributed by atoms with E-state index in [0.29, 0.717) is 23.9 Å². The van der Waals surface area contributed by atoms with Crippen molar-refractivity contribution >= 4 is 5.97 Å². The summed E-state index contributed by atoms with van der Waals surface area (Å²) in [7, 11) is 0. The van der Waals surface area contributed by atoms with Gasteiger partial charge in [-0.15, -0.1) is 0 Å². The summed E-state index contributed by atoms with van der Waals surface area (Å²) >= 11 is 0. The summed E-state index contributed by atoms with van der Waals surface area (Å²) in [4.78, 5) is 11.9. The van der Waals surface area contributed by atoms with Crippen molar-refractivity contribution in [3.63, 3.8) is 0 Å². The highest BCUT2D eigenvalue weighted by molar-refractivity contribution is 5.74. The summed E-state index contributed by atoms with van der Waals surface area (Å²) in [6, 6.07) is 14.8. The van der Waals surface area contributed by atoms with E-state index in [-0.39, 0.29) is 6.61 Å². The van der Waals surface area contributed by atoms with Crippen molar-refractivity contribution in [1.29, 1.82) is 0 Å². The van der Waals surface area contributed by atoms with E-state index in [0.717, 1.165) is 12.8 Å². The third kappa shape index (κ3) is 5.33. The van der Waals surface area contributed by atoms with E-state index < -0.39 is 5.97 Å². The zero-order chi connectivity index (χ0) is 16.5. The molecule has 2 aromatic carbocycles. The number of ether oxygens (including phenoxy) is 3. The quantitative estimate of drug-likeness (QED) is 0.545. The van der Waals surface area contributed by atoms with Crippen molar-refractivity contribution in [2.24, 2.45) is 0 Å². The number of hydrogen-bond donors (Lipinski definition) is 0. The second-order valence-electron chi connectivity index (χ2n) is 5.04. The van der Waals surface area contributed by atoms with Gasteiger partial charge >= 0.3 is 5.97 Å². The predicted octanol–water partition coefficient (Wildman–Crippen LogP) is 4.02. The highest BCUT2D eigenvalue weighted by atomic mass is 16.6. The largest absolute Gasteiger partial charge is 0.490 e. The van der Waals surface area contributed by atoms with E-state index in [2.05, 4.69) is 6.92 Å². The zero-order valence-electron chi connectivity index (χ0n) is 13.6. The van der Waals surface area contributed by atoms with Crippen LogP contribution < -0.4 is 14.2 Å². The number of benzene rings is 2. The minimum absolute atomic E-state index is 0.166. The number of carbonyl (C=O) groups is 1. The van der Waals surface area contributed by atoms with Crippen molar-refractivity contribution in [3.05, 3.63) is 54.1 Å². The van der Waals surface area contributed by atoms with Gasteiger partial charge in [0.25, 0.3) is 0 Å². The Hall–Kier alpha value is -2.49. The normalized spacial score (nSPS) is 10.2. The van der Waals surface area contributed by atoms with E-state index in [4.69, 9.17) is 14.2 Å². The summed E-state index contributed by atoms with van der Waals surface area (Å²) in [5.74, 6) is 1.23. The summed E-state index contributed by atoms with van der Waals surface area (Å²) in [5.41, 5.74) is 1.23. The first-order valence-corrected chi connectivity index (χ1v) is 7.87. The van der Waals surface area contributed by atoms with Crippen LogP contribution in [0.5, 0.6) is 17.2 Å². The van der Waals surface area contributed by atoms with Crippen LogP contribution in [0.3, 0.4) is 0 Å². The number of para-hydroxylation sites is 2. The van der Waals surface area contributed by atoms with Crippen LogP contribution in [0.1, 0.15) is 25.8 Å². The Balaban J connectivity index is 1.87. The lowest BCUT2D eigenvalue weighted by atomic mass is 10.1. The Morgan fingerprint density at radius 2 is 1.57 bits per heavy atom. The molecule has 0 radical (unpaired) electrons. The van der Waals surface area contributed by atoms with E-state index in [1.165, 1.54) is 5.56 Å². The van der Waals surface area contributed by atoms with Crippen LogP contribution in [-0.2, 0) is 11.2 Å². The standard InChI is InChI=1S/C19H22O4/c1-3-7-15-10-12-16(13-11-15)23-19(20)14-22-18-9-6-5-8-17(18)21-4-2/h5-6,8-13H,3-4,7,14H2,1-2H3. The molecule has 0 bridgehead atoms. The first-order valence-electron chi connectivity index (χ1n) is 7.87. The molecule has 0 aromatic heterocycles. The van der Waals surface area contributed by atoms with Crippen molar-refractivity contribution in [2.45, 2.75) is 26.7 Å². The first-order chi connectivity index (χ1) is 11.2. The van der Waals surface area contributed by atoms with Crippen molar-refractivity contribution < 1.29 is 19.0 Å². The molecule has 0 unspecified atom stereocenters. The summed E-state index contributed by atoms with van der Waals surface area (Å²) in [6.07, 6.45) is 2.11. The van der Waals surface area contributed by atoms with E-state index >= 15 is 0 Å². The summed E-state index contributed by atoms with van der Waals surface area (Å²) in [6.45, 7) is 4.40. The fourth-order valence-electron chi connectivity index (χ4n) is 2.15. The third-order valence-corrected chi connectivity index (χ3v) is 3.19. The van der Waals surface area contributed by atoms with Crippen LogP contribution in [-0.4, -0.2) is 19.2 Å². The molecule has 0 heterocycles. The molecule has 4 nitrogen and oxygen atoms in total. The SMILES string of the molecule is CCCc1ccc(OC(=O)COc2ccccc2OCC)cc1. The van der Waals surface area contributed by atoms with Gasteiger partial charge in [-0.2, -0.15) is 0 Å². The second kappa shape index (κ2) is 8.83. The molecule has 0 saturated carbocycles. The second-order valence-corrected chi connectivity index (χ2v) is 5.04. The molecule has 23 heavy (non-hydrogen) atoms. The number of hydrogen-bond acceptors (Lipinski definition) is 4. The fraction of sp³-hybridized carbons (Fsp3) is 0.316. The van der Waals surface area contributed by atoms with E-state index in [9.17, 15) is 4.79 Å². The van der Waals surface area contributed by atoms with Gasteiger partial charge < -0.3 is 14.2 Å². The van der Waals surface area contributed by atoms with E-state index in [1.807, 2.05) is 31.2 Å². The molecule has 122 valence electrons. The van der Waals surface area contributed by atoms with Gasteiger partial charge in [0.05, 0.1) is 6.61 Å². The molecule has 0 saturated heterocycles. The monoisotopic (exact) mass is 314 g/mol. The maximum atomic E-state index is 11.9. The molecule has 0 amide bonds. The summed E-state index contributed by atoms with van der Waals surface area (Å²) in [5, 5.41) is 0. The minimum Gasteiger partial charge on any atom is -0.490 e. The molecule has 0 atom stereocenters. The van der Waals surface area contributed by atoms with Crippen molar-refractivity contribution in [2.75, 3.05) is 13.2 Å². The lowest BCUT2D eigenvalue weighted by Gasteiger charge is -2.11. The molecule has 4 heteroatoms. The number of carbonyl (C=O) groups excluding carboxylic acids is 1. The van der Waals surface area contributed by atoms with Crippen molar-refractivity contribution in [3.8, 4) is 17.2 Å². The Morgan fingerprint density at radius 1 is 0.913 bits per heavy atom. The Labute approximate surface area is 137 Å². The topological polar surface area (TPSA) is 44.8 Å². The van der Waals surface area contributed by atoms with Gasteiger partial charge in [-0.25, -0.2) is 4.79 Å². The number of rotatable bonds is 8. The van der Waals surface area contributed by atoms with Crippen molar-refractivity contribution in [1.82, 2.24) is 0 Å². The maximum absolute atomic E-state index is 11.9. The lowest BCUT2D eigenvalue weighted by Crippen LogP contribution is -2.18. The van der Waals surface area contributed by atoms with Gasteiger partial charge in [0, 0.05) is 0 Å². The molecule has 0 aliphatic carbocycles. The molecule has 0 aliphatic rings. The van der Waals surface area contributed by atoms with Gasteiger partial charge in [0.15, 0.2) is 18.1 Å². The predicted molar refractivity (Wildman–Crippen MR) is 89.2 cm³/mol. The molecular weight excluding hydrogens is 292 g/mol. The van der Waals surface area contributed by atoms with Gasteiger partial charge in [0.1, 0.15) is 5.75 Å². The molecular formula is C19H22O4. The fourth-order valence-corrected chi connectivity index (χ4v) is 2.15. The maximum Gasteiger partial charge on any atom is 0.349 e. The molecule has 0 spiro atoms. The highest BCUT2D eigenvalue weighted by Gasteiger charge is 2.09. The average Bonchev–Trinajstić information content (AvgIpc) is 2.56. The van der Waals surface area contributed by atoms with Gasteiger partial charge in [-0.05, 0) is 43.2 Å². The Kier molecular flexibility index (Phi) is 6.48. The Morgan fingerprint density at radius 3 is 2.17 bits per heavy atom. The average molecular weight is 314 g/mol. The van der Waals surface area contributed by atoms with Crippen LogP contribution >= 0.6 is 0 Å². The van der Waals surface area contributed by atoms with Crippen LogP contribution in [0, 0.1) is 0 Å². The van der Waals surface area contributed by atoms with Gasteiger partial charge in [0.2, 0.25) is 0 Å². The zero-order valence-corrected chi connectivity index (χ0v) is 13.6. The molecule has 0 N–H and O–H groups in total. The van der Waals surface area contributed by atoms with Crippen LogP contribution in [0.4, 0.5) is 0 Å². The smallest absolute Gasteiger partial charge is 0.349 e. The molecule has 0 fully saturated rings. The molecule has 2 aromatic rings. The highest BCUT2D eigenvalue weighted by Crippen LogP contribution is 2.26.